The van der Waals surface area contributed by atoms with Crippen LogP contribution in [0.3, 0.4) is 0 Å². The van der Waals surface area contributed by atoms with Crippen LogP contribution in [0.2, 0.25) is 0 Å². The maximum Gasteiger partial charge on any atom is 0.0253 e. The van der Waals surface area contributed by atoms with E-state index < -0.39 is 0 Å². The van der Waals surface area contributed by atoms with Crippen molar-refractivity contribution >= 4 is 17.4 Å². The van der Waals surface area contributed by atoms with Gasteiger partial charge in [0.1, 0.15) is 0 Å². The third kappa shape index (κ3) is 7.05. The third-order valence-corrected chi connectivity index (χ3v) is 6.62. The number of aryl methyl sites for hydroxylation is 1. The standard InChI is InChI=1S/C31H45N/c1-12-15-21(4)28(14-3)22(5)16-23(6)29-17-24(7)30(26(13-2)20-32)19-27(29)18-25(8)31(9,10)11/h13-14,16-17,19-20,25,32H,4-5,12,15,18H2,1-3,6-11H3/b23-16+,26-13+,28-14-,32-20?. The van der Waals surface area contributed by atoms with Crippen LogP contribution in [0, 0.1) is 23.7 Å². The zero-order chi connectivity index (χ0) is 24.6. The fourth-order valence-electron chi connectivity index (χ4n) is 4.02. The molecule has 0 aliphatic rings. The van der Waals surface area contributed by atoms with E-state index in [0.29, 0.717) is 5.92 Å². The normalized spacial score (nSPS) is 14.3. The van der Waals surface area contributed by atoms with Crippen LogP contribution < -0.4 is 0 Å². The second-order valence-corrected chi connectivity index (χ2v) is 10.1. The van der Waals surface area contributed by atoms with Gasteiger partial charge in [-0.1, -0.05) is 84.6 Å². The van der Waals surface area contributed by atoms with E-state index in [4.69, 9.17) is 5.41 Å². The van der Waals surface area contributed by atoms with E-state index in [-0.39, 0.29) is 5.41 Å². The second-order valence-electron chi connectivity index (χ2n) is 10.1. The third-order valence-electron chi connectivity index (χ3n) is 6.62. The molecule has 1 N–H and O–H groups in total. The molecular formula is C31H45N. The summed E-state index contributed by atoms with van der Waals surface area (Å²) in [5.74, 6) is 0.525. The lowest BCUT2D eigenvalue weighted by molar-refractivity contribution is 0.260. The summed E-state index contributed by atoms with van der Waals surface area (Å²) in [7, 11) is 0. The highest BCUT2D eigenvalue weighted by Gasteiger charge is 2.22. The van der Waals surface area contributed by atoms with Gasteiger partial charge in [-0.15, -0.1) is 0 Å². The largest absolute Gasteiger partial charge is 0.308 e. The van der Waals surface area contributed by atoms with Crippen LogP contribution in [-0.2, 0) is 6.42 Å². The van der Waals surface area contributed by atoms with Crippen molar-refractivity contribution < 1.29 is 0 Å². The Morgan fingerprint density at radius 2 is 1.72 bits per heavy atom. The Morgan fingerprint density at radius 3 is 2.19 bits per heavy atom. The fraction of sp³-hybridized carbons (Fsp3) is 0.452. The SMILES string of the molecule is C=C(/C=C(\C)c1cc(C)c(/C(C=N)=C/C)cc1CC(C)C(C)(C)C)/C(=C\C)C(=C)CCC. The van der Waals surface area contributed by atoms with Crippen LogP contribution >= 0.6 is 0 Å². The number of rotatable bonds is 10. The minimum Gasteiger partial charge on any atom is -0.308 e. The lowest BCUT2D eigenvalue weighted by Gasteiger charge is -2.29. The summed E-state index contributed by atoms with van der Waals surface area (Å²) >= 11 is 0. The van der Waals surface area contributed by atoms with Gasteiger partial charge in [0.25, 0.3) is 0 Å². The maximum absolute atomic E-state index is 7.85. The van der Waals surface area contributed by atoms with E-state index in [2.05, 4.69) is 92.8 Å². The fourth-order valence-corrected chi connectivity index (χ4v) is 4.02. The van der Waals surface area contributed by atoms with Crippen LogP contribution in [0.25, 0.3) is 11.1 Å². The van der Waals surface area contributed by atoms with Crippen LogP contribution in [-0.4, -0.2) is 6.21 Å². The molecule has 174 valence electrons. The average Bonchev–Trinajstić information content (AvgIpc) is 2.70. The summed E-state index contributed by atoms with van der Waals surface area (Å²) in [6.07, 6.45) is 10.9. The molecule has 0 amide bonds. The zero-order valence-corrected chi connectivity index (χ0v) is 22.1. The van der Waals surface area contributed by atoms with Gasteiger partial charge < -0.3 is 5.41 Å². The van der Waals surface area contributed by atoms with Gasteiger partial charge in [-0.3, -0.25) is 0 Å². The van der Waals surface area contributed by atoms with E-state index in [0.717, 1.165) is 47.1 Å². The van der Waals surface area contributed by atoms with Gasteiger partial charge in [0, 0.05) is 6.21 Å². The Morgan fingerprint density at radius 1 is 1.09 bits per heavy atom. The summed E-state index contributed by atoms with van der Waals surface area (Å²) in [5, 5.41) is 7.85. The molecule has 0 spiro atoms. The Kier molecular flexibility index (Phi) is 10.4. The highest BCUT2D eigenvalue weighted by molar-refractivity contribution is 6.09. The smallest absolute Gasteiger partial charge is 0.0253 e. The minimum atomic E-state index is 0.227. The molecule has 0 aliphatic carbocycles. The van der Waals surface area contributed by atoms with E-state index in [1.54, 1.807) is 0 Å². The predicted octanol–water partition coefficient (Wildman–Crippen LogP) is 9.53. The Labute approximate surface area is 198 Å². The molecule has 1 aromatic rings. The van der Waals surface area contributed by atoms with Gasteiger partial charge >= 0.3 is 0 Å². The van der Waals surface area contributed by atoms with E-state index >= 15 is 0 Å². The summed E-state index contributed by atoms with van der Waals surface area (Å²) in [6.45, 7) is 28.5. The topological polar surface area (TPSA) is 23.9 Å². The van der Waals surface area contributed by atoms with Crippen molar-refractivity contribution in [3.63, 3.8) is 0 Å². The Balaban J connectivity index is 3.59. The first-order valence-electron chi connectivity index (χ1n) is 11.9. The van der Waals surface area contributed by atoms with E-state index in [1.807, 2.05) is 13.0 Å². The molecule has 1 heteroatoms. The van der Waals surface area contributed by atoms with E-state index in [1.165, 1.54) is 28.5 Å². The summed E-state index contributed by atoms with van der Waals surface area (Å²) in [4.78, 5) is 0. The highest BCUT2D eigenvalue weighted by Crippen LogP contribution is 2.34. The van der Waals surface area contributed by atoms with Crippen molar-refractivity contribution in [3.8, 4) is 0 Å². The molecule has 32 heavy (non-hydrogen) atoms. The van der Waals surface area contributed by atoms with Crippen molar-refractivity contribution in [1.29, 1.82) is 5.41 Å². The van der Waals surface area contributed by atoms with Crippen molar-refractivity contribution in [2.75, 3.05) is 0 Å². The minimum absolute atomic E-state index is 0.227. The molecule has 0 aliphatic heterocycles. The lowest BCUT2D eigenvalue weighted by Crippen LogP contribution is -2.20. The predicted molar refractivity (Wildman–Crippen MR) is 147 cm³/mol. The first kappa shape index (κ1) is 27.6. The molecular weight excluding hydrogens is 386 g/mol. The van der Waals surface area contributed by atoms with Crippen molar-refractivity contribution in [3.05, 3.63) is 82.5 Å². The highest BCUT2D eigenvalue weighted by atomic mass is 14.3. The molecule has 1 unspecified atom stereocenters. The zero-order valence-electron chi connectivity index (χ0n) is 22.1. The molecule has 0 fully saturated rings. The van der Waals surface area contributed by atoms with Crippen molar-refractivity contribution in [2.45, 2.75) is 81.6 Å². The van der Waals surface area contributed by atoms with Crippen LogP contribution in [0.1, 0.15) is 90.5 Å². The molecule has 1 atom stereocenters. The maximum atomic E-state index is 7.85. The molecule has 0 saturated carbocycles. The van der Waals surface area contributed by atoms with Crippen molar-refractivity contribution in [1.82, 2.24) is 0 Å². The molecule has 1 nitrogen and oxygen atoms in total. The van der Waals surface area contributed by atoms with Gasteiger partial charge in [-0.25, -0.2) is 0 Å². The summed E-state index contributed by atoms with van der Waals surface area (Å²) in [5.41, 5.74) is 10.7. The first-order valence-corrected chi connectivity index (χ1v) is 11.9. The van der Waals surface area contributed by atoms with Gasteiger partial charge in [-0.05, 0) is 102 Å². The number of hydrogen-bond donors (Lipinski definition) is 1. The summed E-state index contributed by atoms with van der Waals surface area (Å²) < 4.78 is 0. The molecule has 0 heterocycles. The number of hydrogen-bond acceptors (Lipinski definition) is 1. The molecule has 1 aromatic carbocycles. The molecule has 0 radical (unpaired) electrons. The lowest BCUT2D eigenvalue weighted by atomic mass is 9.76. The van der Waals surface area contributed by atoms with E-state index in [9.17, 15) is 0 Å². The molecule has 0 bridgehead atoms. The van der Waals surface area contributed by atoms with Crippen LogP contribution in [0.5, 0.6) is 0 Å². The molecule has 0 saturated heterocycles. The van der Waals surface area contributed by atoms with Crippen LogP contribution in [0.15, 0.2) is 60.2 Å². The van der Waals surface area contributed by atoms with Gasteiger partial charge in [-0.2, -0.15) is 0 Å². The number of benzene rings is 1. The molecule has 0 aromatic heterocycles. The monoisotopic (exact) mass is 431 g/mol. The van der Waals surface area contributed by atoms with Gasteiger partial charge in [0.15, 0.2) is 0 Å². The number of allylic oxidation sites excluding steroid dienone is 8. The van der Waals surface area contributed by atoms with Crippen LogP contribution in [0.4, 0.5) is 0 Å². The summed E-state index contributed by atoms with van der Waals surface area (Å²) in [6, 6.07) is 4.60. The molecule has 1 rings (SSSR count). The Hall–Kier alpha value is -2.41. The van der Waals surface area contributed by atoms with Gasteiger partial charge in [0.2, 0.25) is 0 Å². The quantitative estimate of drug-likeness (QED) is 0.282. The average molecular weight is 432 g/mol. The van der Waals surface area contributed by atoms with Crippen molar-refractivity contribution in [2.24, 2.45) is 11.3 Å². The Bertz CT molecular complexity index is 941. The number of nitrogens with one attached hydrogen (secondary N) is 1. The second kappa shape index (κ2) is 12.0. The first-order chi connectivity index (χ1) is 14.9. The van der Waals surface area contributed by atoms with Gasteiger partial charge in [0.05, 0.1) is 0 Å².